The molecule has 1 atom stereocenters. The van der Waals surface area contributed by atoms with Crippen LogP contribution in [0.1, 0.15) is 41.3 Å². The minimum Gasteiger partial charge on any atom is -0.494 e. The molecule has 0 spiro atoms. The molecular formula is C23H27NO4S2. The van der Waals surface area contributed by atoms with Crippen LogP contribution in [-0.2, 0) is 4.79 Å². The largest absolute Gasteiger partial charge is 0.494 e. The monoisotopic (exact) mass is 445 g/mol. The highest BCUT2D eigenvalue weighted by atomic mass is 32.2. The maximum absolute atomic E-state index is 12.7. The summed E-state index contributed by atoms with van der Waals surface area (Å²) < 4.78 is 11.4. The van der Waals surface area contributed by atoms with E-state index < -0.39 is 12.0 Å². The smallest absolute Gasteiger partial charge is 0.334 e. The van der Waals surface area contributed by atoms with Crippen LogP contribution in [0.15, 0.2) is 48.5 Å². The van der Waals surface area contributed by atoms with Gasteiger partial charge in [-0.1, -0.05) is 26.0 Å². The number of thioether (sulfide) groups is 2. The second-order valence-corrected chi connectivity index (χ2v) is 9.94. The van der Waals surface area contributed by atoms with E-state index in [1.807, 2.05) is 68.6 Å². The number of nitrogens with one attached hydrogen (secondary N) is 1. The molecule has 7 heteroatoms. The van der Waals surface area contributed by atoms with E-state index in [0.717, 1.165) is 11.5 Å². The summed E-state index contributed by atoms with van der Waals surface area (Å²) in [5.74, 6) is 2.60. The van der Waals surface area contributed by atoms with E-state index in [1.54, 1.807) is 24.3 Å². The summed E-state index contributed by atoms with van der Waals surface area (Å²) in [7, 11) is 0. The first kappa shape index (κ1) is 22.6. The number of rotatable bonds is 8. The third kappa shape index (κ3) is 5.95. The molecule has 2 aromatic rings. The van der Waals surface area contributed by atoms with Crippen LogP contribution in [0.2, 0.25) is 0 Å². The Morgan fingerprint density at radius 2 is 1.60 bits per heavy atom. The van der Waals surface area contributed by atoms with Gasteiger partial charge in [0.2, 0.25) is 0 Å². The van der Waals surface area contributed by atoms with Gasteiger partial charge in [-0.2, -0.15) is 0 Å². The van der Waals surface area contributed by atoms with Gasteiger partial charge in [-0.05, 0) is 54.8 Å². The topological polar surface area (TPSA) is 64.6 Å². The zero-order valence-electron chi connectivity index (χ0n) is 17.4. The predicted molar refractivity (Wildman–Crippen MR) is 123 cm³/mol. The molecule has 0 saturated carbocycles. The van der Waals surface area contributed by atoms with Crippen LogP contribution in [0.3, 0.4) is 0 Å². The lowest BCUT2D eigenvalue weighted by molar-refractivity contribution is -0.137. The molecule has 160 valence electrons. The van der Waals surface area contributed by atoms with Crippen molar-refractivity contribution in [1.82, 2.24) is 5.32 Å². The lowest BCUT2D eigenvalue weighted by Gasteiger charge is -2.21. The Labute approximate surface area is 186 Å². The van der Waals surface area contributed by atoms with Crippen molar-refractivity contribution in [3.63, 3.8) is 0 Å². The Hall–Kier alpha value is -2.12. The van der Waals surface area contributed by atoms with Gasteiger partial charge < -0.3 is 14.8 Å². The fraction of sp³-hybridized carbons (Fsp3) is 0.391. The Kier molecular flexibility index (Phi) is 8.10. The van der Waals surface area contributed by atoms with Gasteiger partial charge in [0.05, 0.1) is 11.2 Å². The van der Waals surface area contributed by atoms with Crippen LogP contribution in [0, 0.1) is 5.92 Å². The number of amides is 1. The first-order valence-corrected chi connectivity index (χ1v) is 12.2. The molecule has 0 aliphatic carbocycles. The third-order valence-corrected chi connectivity index (χ3v) is 7.73. The zero-order valence-corrected chi connectivity index (χ0v) is 19.1. The van der Waals surface area contributed by atoms with Crippen molar-refractivity contribution in [2.24, 2.45) is 5.92 Å². The van der Waals surface area contributed by atoms with Gasteiger partial charge in [-0.25, -0.2) is 4.79 Å². The standard InChI is InChI=1S/C23H27NO4S2/c1-4-27-18-9-5-16(6-10-18)21(25)24-20(15(2)3)22(26)28-19-11-7-17(8-12-19)23-29-13-14-30-23/h5-12,15,20,23H,4,13-14H2,1-3H3,(H,24,25)/t20-/m0/s1. The van der Waals surface area contributed by atoms with Crippen molar-refractivity contribution >= 4 is 35.4 Å². The normalized spacial score (nSPS) is 15.1. The van der Waals surface area contributed by atoms with Crippen LogP contribution in [0.5, 0.6) is 11.5 Å². The number of hydrogen-bond acceptors (Lipinski definition) is 6. The Morgan fingerprint density at radius 1 is 1.00 bits per heavy atom. The highest BCUT2D eigenvalue weighted by Crippen LogP contribution is 2.45. The molecule has 5 nitrogen and oxygen atoms in total. The molecule has 0 aromatic heterocycles. The highest BCUT2D eigenvalue weighted by Gasteiger charge is 2.27. The van der Waals surface area contributed by atoms with Crippen LogP contribution >= 0.6 is 23.5 Å². The van der Waals surface area contributed by atoms with E-state index in [0.29, 0.717) is 28.3 Å². The lowest BCUT2D eigenvalue weighted by atomic mass is 10.0. The molecular weight excluding hydrogens is 418 g/mol. The summed E-state index contributed by atoms with van der Waals surface area (Å²) in [4.78, 5) is 25.3. The number of carbonyl (C=O) groups is 2. The number of ether oxygens (including phenoxy) is 2. The molecule has 1 amide bonds. The van der Waals surface area contributed by atoms with E-state index in [-0.39, 0.29) is 11.8 Å². The second-order valence-electron chi connectivity index (χ2n) is 7.22. The van der Waals surface area contributed by atoms with Gasteiger partial charge in [0.1, 0.15) is 17.5 Å². The Balaban J connectivity index is 1.62. The fourth-order valence-corrected chi connectivity index (χ4v) is 5.87. The molecule has 3 rings (SSSR count). The van der Waals surface area contributed by atoms with Crippen molar-refractivity contribution in [3.8, 4) is 11.5 Å². The van der Waals surface area contributed by atoms with Crippen molar-refractivity contribution in [2.45, 2.75) is 31.4 Å². The molecule has 1 heterocycles. The minimum atomic E-state index is -0.746. The molecule has 1 aliphatic heterocycles. The highest BCUT2D eigenvalue weighted by molar-refractivity contribution is 8.19. The lowest BCUT2D eigenvalue weighted by Crippen LogP contribution is -2.46. The van der Waals surface area contributed by atoms with Gasteiger partial charge in [-0.3, -0.25) is 4.79 Å². The molecule has 1 N–H and O–H groups in total. The quantitative estimate of drug-likeness (QED) is 0.459. The average molecular weight is 446 g/mol. The van der Waals surface area contributed by atoms with Gasteiger partial charge >= 0.3 is 5.97 Å². The van der Waals surface area contributed by atoms with E-state index >= 15 is 0 Å². The van der Waals surface area contributed by atoms with Gasteiger partial charge in [0, 0.05) is 17.1 Å². The summed E-state index contributed by atoms with van der Waals surface area (Å²) in [6.45, 7) is 6.22. The van der Waals surface area contributed by atoms with Crippen molar-refractivity contribution in [1.29, 1.82) is 0 Å². The Bertz CT molecular complexity index is 847. The first-order valence-electron chi connectivity index (χ1n) is 10.1. The van der Waals surface area contributed by atoms with Gasteiger partial charge in [0.15, 0.2) is 0 Å². The molecule has 0 bridgehead atoms. The van der Waals surface area contributed by atoms with Gasteiger partial charge in [-0.15, -0.1) is 23.5 Å². The summed E-state index contributed by atoms with van der Waals surface area (Å²) in [6.07, 6.45) is 0. The van der Waals surface area contributed by atoms with Crippen molar-refractivity contribution in [3.05, 3.63) is 59.7 Å². The molecule has 1 fully saturated rings. The molecule has 30 heavy (non-hydrogen) atoms. The third-order valence-electron chi connectivity index (χ3n) is 4.63. The Morgan fingerprint density at radius 3 is 2.17 bits per heavy atom. The summed E-state index contributed by atoms with van der Waals surface area (Å²) in [6, 6.07) is 13.7. The molecule has 0 radical (unpaired) electrons. The zero-order chi connectivity index (χ0) is 21.5. The van der Waals surface area contributed by atoms with E-state index in [4.69, 9.17) is 9.47 Å². The van der Waals surface area contributed by atoms with Crippen LogP contribution in [-0.4, -0.2) is 36.0 Å². The SMILES string of the molecule is CCOc1ccc(C(=O)N[C@H](C(=O)Oc2ccc(C3SCCS3)cc2)C(C)C)cc1. The molecule has 2 aromatic carbocycles. The number of benzene rings is 2. The predicted octanol–water partition coefficient (Wildman–Crippen LogP) is 4.92. The maximum atomic E-state index is 12.7. The van der Waals surface area contributed by atoms with E-state index in [1.165, 1.54) is 5.56 Å². The number of esters is 1. The summed E-state index contributed by atoms with van der Waals surface area (Å²) >= 11 is 3.86. The average Bonchev–Trinajstić information content (AvgIpc) is 3.28. The molecule has 1 aliphatic rings. The minimum absolute atomic E-state index is 0.116. The van der Waals surface area contributed by atoms with E-state index in [2.05, 4.69) is 5.32 Å². The van der Waals surface area contributed by atoms with Gasteiger partial charge in [0.25, 0.3) is 5.91 Å². The number of carbonyl (C=O) groups excluding carboxylic acids is 2. The summed E-state index contributed by atoms with van der Waals surface area (Å²) in [5, 5.41) is 2.80. The number of hydrogen-bond donors (Lipinski definition) is 1. The first-order chi connectivity index (χ1) is 14.5. The van der Waals surface area contributed by atoms with E-state index in [9.17, 15) is 9.59 Å². The molecule has 1 saturated heterocycles. The molecule has 0 unspecified atom stereocenters. The maximum Gasteiger partial charge on any atom is 0.334 e. The van der Waals surface area contributed by atoms with Crippen LogP contribution < -0.4 is 14.8 Å². The summed E-state index contributed by atoms with van der Waals surface area (Å²) in [5.41, 5.74) is 1.69. The second kappa shape index (κ2) is 10.8. The van der Waals surface area contributed by atoms with Crippen molar-refractivity contribution in [2.75, 3.05) is 18.1 Å². The van der Waals surface area contributed by atoms with Crippen LogP contribution in [0.4, 0.5) is 0 Å². The van der Waals surface area contributed by atoms with Crippen molar-refractivity contribution < 1.29 is 19.1 Å². The fourth-order valence-electron chi connectivity index (χ4n) is 3.02. The van der Waals surface area contributed by atoms with Crippen LogP contribution in [0.25, 0.3) is 0 Å².